The Labute approximate surface area is 144 Å². The maximum absolute atomic E-state index is 12.5. The van der Waals surface area contributed by atoms with Crippen LogP contribution in [-0.2, 0) is 0 Å². The highest BCUT2D eigenvalue weighted by molar-refractivity contribution is 7.16. The van der Waals surface area contributed by atoms with Crippen LogP contribution in [0.1, 0.15) is 24.3 Å². The number of nitrogens with one attached hydrogen (secondary N) is 2. The molecule has 0 spiro atoms. The summed E-state index contributed by atoms with van der Waals surface area (Å²) in [5, 5.41) is 4.83. The van der Waals surface area contributed by atoms with E-state index in [9.17, 15) is 4.79 Å². The number of ether oxygens (including phenoxy) is 1. The summed E-state index contributed by atoms with van der Waals surface area (Å²) in [6, 6.07) is 5.55. The van der Waals surface area contributed by atoms with Crippen LogP contribution in [0.5, 0.6) is 5.75 Å². The van der Waals surface area contributed by atoms with Crippen LogP contribution in [0.3, 0.4) is 0 Å². The first-order chi connectivity index (χ1) is 11.4. The number of pyridine rings is 1. The number of nitrogens with zero attached hydrogens (tertiary/aromatic N) is 1. The van der Waals surface area contributed by atoms with Gasteiger partial charge in [0, 0.05) is 27.9 Å². The van der Waals surface area contributed by atoms with E-state index in [0.717, 1.165) is 38.2 Å². The predicted molar refractivity (Wildman–Crippen MR) is 100 cm³/mol. The lowest BCUT2D eigenvalue weighted by molar-refractivity contribution is 0.412. The molecule has 2 N–H and O–H groups in total. The summed E-state index contributed by atoms with van der Waals surface area (Å²) in [5.74, 6) is 0.757. The van der Waals surface area contributed by atoms with Crippen molar-refractivity contribution in [1.29, 1.82) is 0 Å². The highest BCUT2D eigenvalue weighted by Gasteiger charge is 2.14. The largest absolute Gasteiger partial charge is 0.496 e. The Balaban J connectivity index is 2.19. The molecule has 2 heterocycles. The molecule has 5 nitrogen and oxygen atoms in total. The second-order valence-corrected chi connectivity index (χ2v) is 7.29. The van der Waals surface area contributed by atoms with E-state index < -0.39 is 0 Å². The van der Waals surface area contributed by atoms with E-state index in [-0.39, 0.29) is 5.43 Å². The van der Waals surface area contributed by atoms with Crippen LogP contribution >= 0.6 is 11.3 Å². The van der Waals surface area contributed by atoms with E-state index in [1.54, 1.807) is 30.6 Å². The summed E-state index contributed by atoms with van der Waals surface area (Å²) in [7, 11) is 1.63. The van der Waals surface area contributed by atoms with Crippen LogP contribution < -0.4 is 15.5 Å². The van der Waals surface area contributed by atoms with Crippen LogP contribution in [-0.4, -0.2) is 23.1 Å². The third-order valence-corrected chi connectivity index (χ3v) is 4.80. The lowest BCUT2D eigenvalue weighted by Gasteiger charge is -2.09. The number of aromatic nitrogens is 2. The van der Waals surface area contributed by atoms with Crippen LogP contribution in [0.2, 0.25) is 0 Å². The average Bonchev–Trinajstić information content (AvgIpc) is 2.88. The van der Waals surface area contributed by atoms with E-state index in [2.05, 4.69) is 29.1 Å². The third kappa shape index (κ3) is 2.89. The maximum Gasteiger partial charge on any atom is 0.190 e. The number of methoxy groups -OCH3 is 1. The summed E-state index contributed by atoms with van der Waals surface area (Å²) in [5.41, 5.74) is 3.24. The molecule has 24 heavy (non-hydrogen) atoms. The molecule has 0 fully saturated rings. The summed E-state index contributed by atoms with van der Waals surface area (Å²) in [6.45, 7) is 8.11. The number of hydrogen-bond donors (Lipinski definition) is 2. The van der Waals surface area contributed by atoms with Crippen molar-refractivity contribution in [3.8, 4) is 17.1 Å². The fourth-order valence-corrected chi connectivity index (χ4v) is 3.72. The minimum atomic E-state index is -0.0183. The van der Waals surface area contributed by atoms with E-state index in [4.69, 9.17) is 4.74 Å². The average molecular weight is 343 g/mol. The number of aromatic amines is 1. The number of aryl methyl sites for hydroxylation is 2. The minimum Gasteiger partial charge on any atom is -0.496 e. The number of benzene rings is 1. The highest BCUT2D eigenvalue weighted by atomic mass is 32.1. The SMILES string of the molecule is COc1ccc2c(=O)cc(-c3nc(NC(C)C)sc3C)[nH]c2c1C. The van der Waals surface area contributed by atoms with E-state index in [1.807, 2.05) is 19.9 Å². The Kier molecular flexibility index (Phi) is 4.32. The number of rotatable bonds is 4. The number of thiazole rings is 1. The third-order valence-electron chi connectivity index (χ3n) is 3.90. The van der Waals surface area contributed by atoms with Crippen LogP contribution in [0.25, 0.3) is 22.3 Å². The van der Waals surface area contributed by atoms with E-state index in [1.165, 1.54) is 0 Å². The second-order valence-electron chi connectivity index (χ2n) is 6.09. The normalized spacial score (nSPS) is 11.2. The molecule has 1 aromatic carbocycles. The van der Waals surface area contributed by atoms with Crippen molar-refractivity contribution in [3.63, 3.8) is 0 Å². The van der Waals surface area contributed by atoms with E-state index >= 15 is 0 Å². The standard InChI is InChI=1S/C18H21N3O2S/c1-9(2)19-18-21-17(11(4)24-18)13-8-14(22)12-6-7-15(23-5)10(3)16(12)20-13/h6-9H,1-5H3,(H,19,21)(H,20,22). The molecule has 2 aromatic heterocycles. The molecule has 0 aliphatic carbocycles. The topological polar surface area (TPSA) is 67.0 Å². The molecular formula is C18H21N3O2S. The van der Waals surface area contributed by atoms with Crippen molar-refractivity contribution in [2.24, 2.45) is 0 Å². The number of anilines is 1. The van der Waals surface area contributed by atoms with Gasteiger partial charge in [0.25, 0.3) is 0 Å². The van der Waals surface area contributed by atoms with Crippen molar-refractivity contribution in [2.45, 2.75) is 33.7 Å². The number of hydrogen-bond acceptors (Lipinski definition) is 5. The molecular weight excluding hydrogens is 322 g/mol. The van der Waals surface area contributed by atoms with Gasteiger partial charge < -0.3 is 15.0 Å². The Morgan fingerprint density at radius 3 is 2.71 bits per heavy atom. The molecule has 0 saturated carbocycles. The molecule has 0 unspecified atom stereocenters. The highest BCUT2D eigenvalue weighted by Crippen LogP contribution is 2.31. The molecule has 0 aliphatic rings. The Morgan fingerprint density at radius 2 is 2.04 bits per heavy atom. The molecule has 6 heteroatoms. The smallest absolute Gasteiger partial charge is 0.190 e. The minimum absolute atomic E-state index is 0.0183. The van der Waals surface area contributed by atoms with Crippen molar-refractivity contribution < 1.29 is 4.74 Å². The van der Waals surface area contributed by atoms with Gasteiger partial charge in [0.1, 0.15) is 11.4 Å². The summed E-state index contributed by atoms with van der Waals surface area (Å²) in [6.07, 6.45) is 0. The first kappa shape index (κ1) is 16.5. The van der Waals surface area contributed by atoms with Crippen LogP contribution in [0.4, 0.5) is 5.13 Å². The molecule has 0 bridgehead atoms. The molecule has 0 saturated heterocycles. The quantitative estimate of drug-likeness (QED) is 0.748. The van der Waals surface area contributed by atoms with Gasteiger partial charge in [0.15, 0.2) is 10.6 Å². The molecule has 0 atom stereocenters. The van der Waals surface area contributed by atoms with Gasteiger partial charge in [-0.3, -0.25) is 4.79 Å². The van der Waals surface area contributed by atoms with Gasteiger partial charge in [-0.05, 0) is 39.8 Å². The van der Waals surface area contributed by atoms with Gasteiger partial charge in [0.05, 0.1) is 18.3 Å². The van der Waals surface area contributed by atoms with Gasteiger partial charge in [-0.1, -0.05) is 0 Å². The summed E-state index contributed by atoms with van der Waals surface area (Å²) < 4.78 is 5.36. The monoisotopic (exact) mass is 343 g/mol. The number of H-pyrrole nitrogens is 1. The van der Waals surface area contributed by atoms with Crippen molar-refractivity contribution in [2.75, 3.05) is 12.4 Å². The Bertz CT molecular complexity index is 957. The fraction of sp³-hybridized carbons (Fsp3) is 0.333. The second kappa shape index (κ2) is 6.28. The lowest BCUT2D eigenvalue weighted by atomic mass is 10.1. The Hall–Kier alpha value is -2.34. The molecule has 0 aliphatic heterocycles. The van der Waals surface area contributed by atoms with Crippen molar-refractivity contribution in [3.05, 3.63) is 38.9 Å². The molecule has 0 amide bonds. The molecule has 3 rings (SSSR count). The molecule has 0 radical (unpaired) electrons. The van der Waals surface area contributed by atoms with Crippen molar-refractivity contribution in [1.82, 2.24) is 9.97 Å². The first-order valence-corrected chi connectivity index (χ1v) is 8.67. The lowest BCUT2D eigenvalue weighted by Crippen LogP contribution is -2.09. The van der Waals surface area contributed by atoms with Gasteiger partial charge in [-0.15, -0.1) is 11.3 Å². The first-order valence-electron chi connectivity index (χ1n) is 7.85. The van der Waals surface area contributed by atoms with Gasteiger partial charge in [0.2, 0.25) is 0 Å². The number of fused-ring (bicyclic) bond motifs is 1. The fourth-order valence-electron chi connectivity index (χ4n) is 2.74. The van der Waals surface area contributed by atoms with Crippen LogP contribution in [0.15, 0.2) is 23.0 Å². The molecule has 126 valence electrons. The van der Waals surface area contributed by atoms with Gasteiger partial charge in [-0.2, -0.15) is 0 Å². The van der Waals surface area contributed by atoms with Crippen LogP contribution in [0, 0.1) is 13.8 Å². The maximum atomic E-state index is 12.5. The molecule has 3 aromatic rings. The van der Waals surface area contributed by atoms with Gasteiger partial charge >= 0.3 is 0 Å². The predicted octanol–water partition coefficient (Wildman–Crippen LogP) is 4.10. The summed E-state index contributed by atoms with van der Waals surface area (Å²) in [4.78, 5) is 21.6. The van der Waals surface area contributed by atoms with E-state index in [0.29, 0.717) is 11.4 Å². The summed E-state index contributed by atoms with van der Waals surface area (Å²) >= 11 is 1.59. The zero-order chi connectivity index (χ0) is 17.4. The van der Waals surface area contributed by atoms with Gasteiger partial charge in [-0.25, -0.2) is 4.98 Å². The van der Waals surface area contributed by atoms with Crippen molar-refractivity contribution >= 4 is 27.4 Å². The zero-order valence-corrected chi connectivity index (χ0v) is 15.3. The zero-order valence-electron chi connectivity index (χ0n) is 14.5. The Morgan fingerprint density at radius 1 is 1.29 bits per heavy atom.